The largest absolute Gasteiger partial charge is 0.343 e. The maximum Gasteiger partial charge on any atom is 0.227 e. The number of piperidine rings is 1. The molecule has 25 heavy (non-hydrogen) atoms. The molecule has 0 saturated carbocycles. The molecule has 0 bridgehead atoms. The second-order valence-corrected chi connectivity index (χ2v) is 6.39. The molecule has 1 aromatic rings. The van der Waals surface area contributed by atoms with Gasteiger partial charge in [0.15, 0.2) is 0 Å². The van der Waals surface area contributed by atoms with Gasteiger partial charge in [0.2, 0.25) is 11.8 Å². The van der Waals surface area contributed by atoms with Crippen LogP contribution in [0.15, 0.2) is 18.2 Å². The SMILES string of the molecule is CNCCCC(=O)N1CCC(C(=O)Nc2ccc(F)c(Cl)c2)CC1.Cl. The molecule has 1 aliphatic rings. The predicted molar refractivity (Wildman–Crippen MR) is 99.8 cm³/mol. The van der Waals surface area contributed by atoms with Crippen molar-refractivity contribution in [1.29, 1.82) is 0 Å². The van der Waals surface area contributed by atoms with E-state index in [1.807, 2.05) is 11.9 Å². The van der Waals surface area contributed by atoms with Gasteiger partial charge in [-0.2, -0.15) is 0 Å². The number of nitrogens with one attached hydrogen (secondary N) is 2. The molecule has 2 amide bonds. The van der Waals surface area contributed by atoms with Crippen LogP contribution in [0.3, 0.4) is 0 Å². The molecule has 1 heterocycles. The highest BCUT2D eigenvalue weighted by Crippen LogP contribution is 2.23. The van der Waals surface area contributed by atoms with Gasteiger partial charge in [-0.1, -0.05) is 11.6 Å². The van der Waals surface area contributed by atoms with Crippen molar-refractivity contribution in [2.75, 3.05) is 32.0 Å². The van der Waals surface area contributed by atoms with E-state index < -0.39 is 5.82 Å². The average molecular weight is 392 g/mol. The Morgan fingerprint density at radius 2 is 2.00 bits per heavy atom. The molecule has 2 N–H and O–H groups in total. The van der Waals surface area contributed by atoms with E-state index in [1.165, 1.54) is 18.2 Å². The number of hydrogen-bond acceptors (Lipinski definition) is 3. The minimum absolute atomic E-state index is 0. The molecule has 5 nitrogen and oxygen atoms in total. The highest BCUT2D eigenvalue weighted by molar-refractivity contribution is 6.31. The third-order valence-electron chi connectivity index (χ3n) is 4.22. The highest BCUT2D eigenvalue weighted by Gasteiger charge is 2.27. The molecule has 0 unspecified atom stereocenters. The minimum atomic E-state index is -0.514. The summed E-state index contributed by atoms with van der Waals surface area (Å²) in [5, 5.41) is 5.77. The molecule has 0 aliphatic carbocycles. The lowest BCUT2D eigenvalue weighted by Crippen LogP contribution is -2.41. The van der Waals surface area contributed by atoms with Gasteiger partial charge in [0.1, 0.15) is 5.82 Å². The van der Waals surface area contributed by atoms with Crippen LogP contribution in [0.25, 0.3) is 0 Å². The Kier molecular flexibility index (Phi) is 9.17. The number of likely N-dealkylation sites (tertiary alicyclic amines) is 1. The van der Waals surface area contributed by atoms with Crippen LogP contribution in [-0.2, 0) is 9.59 Å². The second-order valence-electron chi connectivity index (χ2n) is 5.98. The molecule has 2 rings (SSSR count). The predicted octanol–water partition coefficient (Wildman–Crippen LogP) is 3.08. The molecule has 8 heteroatoms. The van der Waals surface area contributed by atoms with Crippen LogP contribution in [-0.4, -0.2) is 43.4 Å². The van der Waals surface area contributed by atoms with Crippen LogP contribution in [0.1, 0.15) is 25.7 Å². The zero-order valence-electron chi connectivity index (χ0n) is 14.2. The molecule has 1 saturated heterocycles. The van der Waals surface area contributed by atoms with Crippen molar-refractivity contribution >= 4 is 41.5 Å². The Morgan fingerprint density at radius 3 is 2.60 bits per heavy atom. The number of nitrogens with zero attached hydrogens (tertiary/aromatic N) is 1. The van der Waals surface area contributed by atoms with E-state index in [-0.39, 0.29) is 35.2 Å². The third kappa shape index (κ3) is 6.45. The number of benzene rings is 1. The van der Waals surface area contributed by atoms with Crippen molar-refractivity contribution in [2.24, 2.45) is 5.92 Å². The lowest BCUT2D eigenvalue weighted by molar-refractivity contribution is -0.134. The zero-order chi connectivity index (χ0) is 17.5. The number of anilines is 1. The maximum absolute atomic E-state index is 13.1. The first-order valence-corrected chi connectivity index (χ1v) is 8.57. The van der Waals surface area contributed by atoms with E-state index in [4.69, 9.17) is 11.6 Å². The minimum Gasteiger partial charge on any atom is -0.343 e. The van der Waals surface area contributed by atoms with Crippen molar-refractivity contribution in [3.8, 4) is 0 Å². The van der Waals surface area contributed by atoms with E-state index in [0.29, 0.717) is 38.0 Å². The highest BCUT2D eigenvalue weighted by atomic mass is 35.5. The van der Waals surface area contributed by atoms with Crippen molar-refractivity contribution in [2.45, 2.75) is 25.7 Å². The molecular formula is C17H24Cl2FN3O2. The van der Waals surface area contributed by atoms with Crippen LogP contribution >= 0.6 is 24.0 Å². The van der Waals surface area contributed by atoms with Gasteiger partial charge < -0.3 is 15.5 Å². The van der Waals surface area contributed by atoms with Crippen LogP contribution < -0.4 is 10.6 Å². The van der Waals surface area contributed by atoms with Crippen LogP contribution in [0.5, 0.6) is 0 Å². The van der Waals surface area contributed by atoms with Gasteiger partial charge in [0.05, 0.1) is 5.02 Å². The third-order valence-corrected chi connectivity index (χ3v) is 4.51. The van der Waals surface area contributed by atoms with Crippen LogP contribution in [0.4, 0.5) is 10.1 Å². The summed E-state index contributed by atoms with van der Waals surface area (Å²) in [5.74, 6) is -0.621. The maximum atomic E-state index is 13.1. The van der Waals surface area contributed by atoms with E-state index in [1.54, 1.807) is 0 Å². The fraction of sp³-hybridized carbons (Fsp3) is 0.529. The average Bonchev–Trinajstić information content (AvgIpc) is 2.58. The van der Waals surface area contributed by atoms with Crippen molar-refractivity contribution in [3.63, 3.8) is 0 Å². The lowest BCUT2D eigenvalue weighted by atomic mass is 9.95. The summed E-state index contributed by atoms with van der Waals surface area (Å²) >= 11 is 5.71. The van der Waals surface area contributed by atoms with Crippen molar-refractivity contribution in [3.05, 3.63) is 29.0 Å². The zero-order valence-corrected chi connectivity index (χ0v) is 15.8. The quantitative estimate of drug-likeness (QED) is 0.732. The van der Waals surface area contributed by atoms with E-state index >= 15 is 0 Å². The molecule has 1 fully saturated rings. The first-order valence-electron chi connectivity index (χ1n) is 8.19. The molecule has 0 aromatic heterocycles. The summed E-state index contributed by atoms with van der Waals surface area (Å²) in [6.07, 6.45) is 2.63. The fourth-order valence-corrected chi connectivity index (χ4v) is 2.96. The normalized spacial score (nSPS) is 14.8. The number of amides is 2. The second kappa shape index (κ2) is 10.6. The molecule has 140 valence electrons. The van der Waals surface area contributed by atoms with Crippen LogP contribution in [0, 0.1) is 11.7 Å². The Balaban J connectivity index is 0.00000312. The van der Waals surface area contributed by atoms with Crippen LogP contribution in [0.2, 0.25) is 5.02 Å². The van der Waals surface area contributed by atoms with E-state index in [2.05, 4.69) is 10.6 Å². The molecular weight excluding hydrogens is 368 g/mol. The van der Waals surface area contributed by atoms with Gasteiger partial charge >= 0.3 is 0 Å². The number of halogens is 3. The Labute approximate surface area is 158 Å². The Morgan fingerprint density at radius 1 is 1.32 bits per heavy atom. The smallest absolute Gasteiger partial charge is 0.227 e. The molecule has 1 aliphatic heterocycles. The fourth-order valence-electron chi connectivity index (χ4n) is 2.78. The van der Waals surface area contributed by atoms with E-state index in [0.717, 1.165) is 13.0 Å². The van der Waals surface area contributed by atoms with Gasteiger partial charge in [-0.25, -0.2) is 4.39 Å². The molecule has 0 atom stereocenters. The summed E-state index contributed by atoms with van der Waals surface area (Å²) in [6.45, 7) is 2.02. The summed E-state index contributed by atoms with van der Waals surface area (Å²) in [7, 11) is 1.86. The van der Waals surface area contributed by atoms with Gasteiger partial charge in [-0.15, -0.1) is 12.4 Å². The molecule has 0 spiro atoms. The number of rotatable bonds is 6. The van der Waals surface area contributed by atoms with Crippen molar-refractivity contribution in [1.82, 2.24) is 10.2 Å². The number of carbonyl (C=O) groups excluding carboxylic acids is 2. The number of carbonyl (C=O) groups is 2. The number of hydrogen-bond donors (Lipinski definition) is 2. The monoisotopic (exact) mass is 391 g/mol. The summed E-state index contributed by atoms with van der Waals surface area (Å²) < 4.78 is 13.1. The molecule has 1 aromatic carbocycles. The van der Waals surface area contributed by atoms with Gasteiger partial charge in [0, 0.05) is 31.1 Å². The van der Waals surface area contributed by atoms with Gasteiger partial charge in [0.25, 0.3) is 0 Å². The molecule has 0 radical (unpaired) electrons. The first-order chi connectivity index (χ1) is 11.5. The topological polar surface area (TPSA) is 61.4 Å². The van der Waals surface area contributed by atoms with E-state index in [9.17, 15) is 14.0 Å². The Bertz CT molecular complexity index is 593. The first kappa shape index (κ1) is 21.7. The van der Waals surface area contributed by atoms with Gasteiger partial charge in [-0.3, -0.25) is 9.59 Å². The lowest BCUT2D eigenvalue weighted by Gasteiger charge is -2.31. The Hall–Kier alpha value is -1.37. The summed E-state index contributed by atoms with van der Waals surface area (Å²) in [6, 6.07) is 4.11. The summed E-state index contributed by atoms with van der Waals surface area (Å²) in [4.78, 5) is 26.2. The summed E-state index contributed by atoms with van der Waals surface area (Å²) in [5.41, 5.74) is 0.483. The standard InChI is InChI=1S/C17H23ClFN3O2.ClH/c1-20-8-2-3-16(23)22-9-6-12(7-10-22)17(24)21-13-4-5-15(19)14(18)11-13;/h4-5,11-12,20H,2-3,6-10H2,1H3,(H,21,24);1H. The van der Waals surface area contributed by atoms with Gasteiger partial charge in [-0.05, 0) is 51.1 Å². The van der Waals surface area contributed by atoms with Crippen molar-refractivity contribution < 1.29 is 14.0 Å².